The van der Waals surface area contributed by atoms with Gasteiger partial charge in [-0.25, -0.2) is 13.6 Å². The van der Waals surface area contributed by atoms with Gasteiger partial charge >= 0.3 is 5.69 Å². The van der Waals surface area contributed by atoms with Crippen molar-refractivity contribution in [2.45, 2.75) is 26.1 Å². The Hall–Kier alpha value is -3.42. The average molecular weight is 413 g/mol. The molecule has 0 saturated carbocycles. The second-order valence-corrected chi connectivity index (χ2v) is 7.05. The third-order valence-electron chi connectivity index (χ3n) is 5.00. The number of benzene rings is 2. The molecule has 0 aliphatic carbocycles. The largest absolute Gasteiger partial charge is 0.497 e. The first-order valence-corrected chi connectivity index (χ1v) is 9.60. The lowest BCUT2D eigenvalue weighted by atomic mass is 10.2. The Morgan fingerprint density at radius 3 is 2.50 bits per heavy atom. The van der Waals surface area contributed by atoms with E-state index >= 15 is 0 Å². The molecule has 1 aliphatic heterocycles. The van der Waals surface area contributed by atoms with Gasteiger partial charge in [0, 0.05) is 25.7 Å². The van der Waals surface area contributed by atoms with E-state index < -0.39 is 17.3 Å². The molecule has 0 bridgehead atoms. The molecule has 0 atom stereocenters. The van der Waals surface area contributed by atoms with Crippen LogP contribution in [0.4, 0.5) is 14.6 Å². The molecule has 0 saturated heterocycles. The molecule has 1 aliphatic rings. The number of hydrogen-bond donors (Lipinski definition) is 0. The standard InChI is InChI=1S/C22H21F2N3O3/c1-29-17-6-3-15(4-7-17)13-26-9-2-10-27-21(26)12-20(25-22(27)28)30-14-16-5-8-18(23)19(24)11-16/h3-8,11-12H,2,9-10,13-14H2,1H3. The minimum atomic E-state index is -0.944. The summed E-state index contributed by atoms with van der Waals surface area (Å²) in [6, 6.07) is 13.0. The van der Waals surface area contributed by atoms with E-state index in [0.29, 0.717) is 18.7 Å². The number of nitrogens with zero attached hydrogens (tertiary/aromatic N) is 3. The fraction of sp³-hybridized carbons (Fsp3) is 0.273. The molecule has 0 spiro atoms. The van der Waals surface area contributed by atoms with Crippen LogP contribution >= 0.6 is 0 Å². The topological polar surface area (TPSA) is 56.6 Å². The maximum Gasteiger partial charge on any atom is 0.352 e. The summed E-state index contributed by atoms with van der Waals surface area (Å²) in [6.45, 7) is 1.98. The molecule has 2 aromatic carbocycles. The number of anilines is 1. The van der Waals surface area contributed by atoms with E-state index in [4.69, 9.17) is 9.47 Å². The van der Waals surface area contributed by atoms with Crippen molar-refractivity contribution in [2.24, 2.45) is 0 Å². The van der Waals surface area contributed by atoms with Crippen molar-refractivity contribution in [2.75, 3.05) is 18.6 Å². The van der Waals surface area contributed by atoms with Crippen molar-refractivity contribution < 1.29 is 18.3 Å². The molecule has 1 aromatic heterocycles. The quantitative estimate of drug-likeness (QED) is 0.619. The zero-order valence-corrected chi connectivity index (χ0v) is 16.5. The van der Waals surface area contributed by atoms with Gasteiger partial charge in [-0.15, -0.1) is 0 Å². The Kier molecular flexibility index (Phi) is 5.65. The number of hydrogen-bond acceptors (Lipinski definition) is 5. The van der Waals surface area contributed by atoms with Gasteiger partial charge in [0.1, 0.15) is 18.2 Å². The van der Waals surface area contributed by atoms with Gasteiger partial charge < -0.3 is 14.4 Å². The predicted octanol–water partition coefficient (Wildman–Crippen LogP) is 3.52. The highest BCUT2D eigenvalue weighted by Gasteiger charge is 2.20. The normalized spacial score (nSPS) is 13.1. The Labute approximate surface area is 172 Å². The predicted molar refractivity (Wildman–Crippen MR) is 108 cm³/mol. The van der Waals surface area contributed by atoms with E-state index in [1.54, 1.807) is 17.7 Å². The lowest BCUT2D eigenvalue weighted by Crippen LogP contribution is -2.38. The lowest BCUT2D eigenvalue weighted by molar-refractivity contribution is 0.289. The summed E-state index contributed by atoms with van der Waals surface area (Å²) in [7, 11) is 1.62. The molecule has 0 N–H and O–H groups in total. The van der Waals surface area contributed by atoms with E-state index in [1.807, 2.05) is 24.3 Å². The smallest absolute Gasteiger partial charge is 0.352 e. The van der Waals surface area contributed by atoms with Gasteiger partial charge in [-0.3, -0.25) is 4.57 Å². The van der Waals surface area contributed by atoms with E-state index in [0.717, 1.165) is 42.2 Å². The summed E-state index contributed by atoms with van der Waals surface area (Å²) < 4.78 is 38.9. The van der Waals surface area contributed by atoms with Crippen LogP contribution in [0.3, 0.4) is 0 Å². The SMILES string of the molecule is COc1ccc(CN2CCCn3c2cc(OCc2ccc(F)c(F)c2)nc3=O)cc1. The summed E-state index contributed by atoms with van der Waals surface area (Å²) in [5, 5.41) is 0. The van der Waals surface area contributed by atoms with Crippen molar-refractivity contribution in [3.05, 3.63) is 81.8 Å². The van der Waals surface area contributed by atoms with Crippen LogP contribution < -0.4 is 20.1 Å². The minimum Gasteiger partial charge on any atom is -0.497 e. The van der Waals surface area contributed by atoms with Crippen LogP contribution in [-0.4, -0.2) is 23.2 Å². The molecule has 0 radical (unpaired) electrons. The lowest BCUT2D eigenvalue weighted by Gasteiger charge is -2.32. The van der Waals surface area contributed by atoms with Crippen LogP contribution in [0, 0.1) is 11.6 Å². The van der Waals surface area contributed by atoms with Crippen molar-refractivity contribution in [1.29, 1.82) is 0 Å². The van der Waals surface area contributed by atoms with Crippen molar-refractivity contribution in [1.82, 2.24) is 9.55 Å². The van der Waals surface area contributed by atoms with Gasteiger partial charge in [0.25, 0.3) is 0 Å². The van der Waals surface area contributed by atoms with Gasteiger partial charge in [-0.05, 0) is 41.8 Å². The monoisotopic (exact) mass is 413 g/mol. The highest BCUT2D eigenvalue weighted by atomic mass is 19.2. The van der Waals surface area contributed by atoms with Gasteiger partial charge in [0.05, 0.1) is 7.11 Å². The van der Waals surface area contributed by atoms with Crippen molar-refractivity contribution in [3.63, 3.8) is 0 Å². The first kappa shape index (κ1) is 19.9. The second kappa shape index (κ2) is 8.52. The molecule has 156 valence electrons. The van der Waals surface area contributed by atoms with Crippen LogP contribution in [0.25, 0.3) is 0 Å². The minimum absolute atomic E-state index is 0.0222. The summed E-state index contributed by atoms with van der Waals surface area (Å²) in [5.74, 6) is -0.209. The van der Waals surface area contributed by atoms with E-state index in [-0.39, 0.29) is 12.5 Å². The Morgan fingerprint density at radius 2 is 1.77 bits per heavy atom. The first-order chi connectivity index (χ1) is 14.5. The number of halogens is 2. The summed E-state index contributed by atoms with van der Waals surface area (Å²) in [5.41, 5.74) is 1.13. The van der Waals surface area contributed by atoms with E-state index in [1.165, 1.54) is 6.07 Å². The van der Waals surface area contributed by atoms with Gasteiger partial charge in [0.2, 0.25) is 5.88 Å². The van der Waals surface area contributed by atoms with Gasteiger partial charge in [0.15, 0.2) is 11.6 Å². The fourth-order valence-electron chi connectivity index (χ4n) is 3.45. The Balaban J connectivity index is 1.55. The number of rotatable bonds is 6. The fourth-order valence-corrected chi connectivity index (χ4v) is 3.45. The van der Waals surface area contributed by atoms with Gasteiger partial charge in [-0.2, -0.15) is 4.98 Å². The average Bonchev–Trinajstić information content (AvgIpc) is 2.76. The molecule has 0 amide bonds. The molecule has 8 heteroatoms. The molecule has 0 unspecified atom stereocenters. The summed E-state index contributed by atoms with van der Waals surface area (Å²) in [6.07, 6.45) is 0.833. The van der Waals surface area contributed by atoms with E-state index in [2.05, 4.69) is 9.88 Å². The summed E-state index contributed by atoms with van der Waals surface area (Å²) >= 11 is 0. The number of ether oxygens (including phenoxy) is 2. The molecule has 0 fully saturated rings. The number of methoxy groups -OCH3 is 1. The highest BCUT2D eigenvalue weighted by Crippen LogP contribution is 2.25. The molecular formula is C22H21F2N3O3. The third kappa shape index (κ3) is 4.27. The zero-order valence-electron chi connectivity index (χ0n) is 16.5. The zero-order chi connectivity index (χ0) is 21.1. The molecule has 30 heavy (non-hydrogen) atoms. The third-order valence-corrected chi connectivity index (χ3v) is 5.00. The van der Waals surface area contributed by atoms with Gasteiger partial charge in [-0.1, -0.05) is 18.2 Å². The van der Waals surface area contributed by atoms with Crippen molar-refractivity contribution >= 4 is 5.82 Å². The van der Waals surface area contributed by atoms with Crippen molar-refractivity contribution in [3.8, 4) is 11.6 Å². The maximum absolute atomic E-state index is 13.4. The van der Waals surface area contributed by atoms with Crippen LogP contribution in [0.1, 0.15) is 17.5 Å². The second-order valence-electron chi connectivity index (χ2n) is 7.05. The Bertz CT molecular complexity index is 1100. The van der Waals surface area contributed by atoms with Crippen LogP contribution in [-0.2, 0) is 19.7 Å². The van der Waals surface area contributed by atoms with Crippen LogP contribution in [0.15, 0.2) is 53.3 Å². The van der Waals surface area contributed by atoms with Crippen LogP contribution in [0.2, 0.25) is 0 Å². The Morgan fingerprint density at radius 1 is 1.00 bits per heavy atom. The first-order valence-electron chi connectivity index (χ1n) is 9.60. The number of aromatic nitrogens is 2. The highest BCUT2D eigenvalue weighted by molar-refractivity contribution is 5.45. The molecule has 6 nitrogen and oxygen atoms in total. The summed E-state index contributed by atoms with van der Waals surface area (Å²) in [4.78, 5) is 18.6. The molecule has 2 heterocycles. The molecule has 3 aromatic rings. The molecule has 4 rings (SSSR count). The van der Waals surface area contributed by atoms with Crippen LogP contribution in [0.5, 0.6) is 11.6 Å². The molecular weight excluding hydrogens is 392 g/mol. The maximum atomic E-state index is 13.4. The van der Waals surface area contributed by atoms with E-state index in [9.17, 15) is 13.6 Å². The number of fused-ring (bicyclic) bond motifs is 1.